The summed E-state index contributed by atoms with van der Waals surface area (Å²) in [5.74, 6) is 0. The average Bonchev–Trinajstić information content (AvgIpc) is 2.79. The van der Waals surface area contributed by atoms with Crippen LogP contribution >= 0.6 is 10.7 Å². The van der Waals surface area contributed by atoms with E-state index in [1.165, 1.54) is 31.8 Å². The van der Waals surface area contributed by atoms with Gasteiger partial charge in [0.15, 0.2) is 0 Å². The molecule has 0 atom stereocenters. The van der Waals surface area contributed by atoms with Gasteiger partial charge in [-0.3, -0.25) is 4.98 Å². The first-order chi connectivity index (χ1) is 10.1. The molecule has 2 aromatic rings. The molecule has 2 heterocycles. The summed E-state index contributed by atoms with van der Waals surface area (Å²) in [5, 5.41) is 7.92. The molecule has 0 saturated carbocycles. The number of halogens is 1. The van der Waals surface area contributed by atoms with Crippen molar-refractivity contribution in [3.8, 4) is 0 Å². The molecule has 1 fully saturated rings. The van der Waals surface area contributed by atoms with Crippen molar-refractivity contribution < 1.29 is 8.42 Å². The van der Waals surface area contributed by atoms with Crippen molar-refractivity contribution >= 4 is 30.5 Å². The predicted octanol–water partition coefficient (Wildman–Crippen LogP) is 1.73. The fourth-order valence-electron chi connectivity index (χ4n) is 2.07. The van der Waals surface area contributed by atoms with Gasteiger partial charge in [-0.15, -0.1) is 0 Å². The van der Waals surface area contributed by atoms with Crippen molar-refractivity contribution in [2.75, 3.05) is 26.2 Å². The molecule has 0 bridgehead atoms. The molecule has 5 nitrogen and oxygen atoms in total. The van der Waals surface area contributed by atoms with Gasteiger partial charge in [0.25, 0.3) is 9.05 Å². The summed E-state index contributed by atoms with van der Waals surface area (Å²) in [6.07, 6.45) is 4.41. The lowest BCUT2D eigenvalue weighted by Gasteiger charge is -2.01. The normalized spacial score (nSPS) is 15.9. The quantitative estimate of drug-likeness (QED) is 0.781. The molecule has 1 aliphatic rings. The Bertz CT molecular complexity index is 667. The van der Waals surface area contributed by atoms with Crippen LogP contribution in [-0.4, -0.2) is 39.6 Å². The maximum atomic E-state index is 11.2. The van der Waals surface area contributed by atoms with Crippen LogP contribution in [0.2, 0.25) is 0 Å². The van der Waals surface area contributed by atoms with E-state index in [4.69, 9.17) is 10.7 Å². The number of pyridine rings is 1. The maximum Gasteiger partial charge on any atom is 0.261 e. The van der Waals surface area contributed by atoms with Crippen molar-refractivity contribution in [1.29, 1.82) is 0 Å². The molecule has 3 rings (SSSR count). The van der Waals surface area contributed by atoms with Gasteiger partial charge in [-0.25, -0.2) is 8.42 Å². The van der Waals surface area contributed by atoms with Crippen molar-refractivity contribution in [3.05, 3.63) is 36.7 Å². The fourth-order valence-corrected chi connectivity index (χ4v) is 3.16. The minimum Gasteiger partial charge on any atom is -0.315 e. The van der Waals surface area contributed by atoms with Gasteiger partial charge in [0.05, 0.1) is 4.90 Å². The largest absolute Gasteiger partial charge is 0.315 e. The second-order valence-electron chi connectivity index (χ2n) is 4.64. The summed E-state index contributed by atoms with van der Waals surface area (Å²) in [4.78, 5) is 4.02. The molecule has 1 saturated heterocycles. The zero-order valence-electron chi connectivity index (χ0n) is 11.5. The Hall–Kier alpha value is -1.21. The molecule has 1 aromatic carbocycles. The summed E-state index contributed by atoms with van der Waals surface area (Å²) < 4.78 is 22.4. The minimum absolute atomic E-state index is 0.124. The van der Waals surface area contributed by atoms with Crippen LogP contribution in [0, 0.1) is 0 Å². The highest BCUT2D eigenvalue weighted by Gasteiger charge is 2.12. The third-order valence-electron chi connectivity index (χ3n) is 3.09. The highest BCUT2D eigenvalue weighted by atomic mass is 35.7. The van der Waals surface area contributed by atoms with Crippen LogP contribution in [0.3, 0.4) is 0 Å². The van der Waals surface area contributed by atoms with Crippen LogP contribution in [0.25, 0.3) is 10.8 Å². The number of fused-ring (bicyclic) bond motifs is 1. The van der Waals surface area contributed by atoms with Gasteiger partial charge < -0.3 is 10.6 Å². The number of rotatable bonds is 1. The van der Waals surface area contributed by atoms with E-state index in [-0.39, 0.29) is 4.90 Å². The third kappa shape index (κ3) is 4.93. The molecule has 1 aromatic heterocycles. The molecule has 7 heteroatoms. The number of hydrogen-bond acceptors (Lipinski definition) is 5. The number of nitrogens with one attached hydrogen (secondary N) is 2. The van der Waals surface area contributed by atoms with Crippen LogP contribution < -0.4 is 10.6 Å². The second kappa shape index (κ2) is 7.70. The number of nitrogens with zero attached hydrogens (tertiary/aromatic N) is 1. The van der Waals surface area contributed by atoms with Gasteiger partial charge in [-0.2, -0.15) is 0 Å². The first-order valence-electron chi connectivity index (χ1n) is 6.78. The monoisotopic (exact) mass is 327 g/mol. The highest BCUT2D eigenvalue weighted by Crippen LogP contribution is 2.24. The van der Waals surface area contributed by atoms with Crippen LogP contribution in [-0.2, 0) is 9.05 Å². The van der Waals surface area contributed by atoms with Gasteiger partial charge in [-0.05, 0) is 31.6 Å². The molecule has 21 heavy (non-hydrogen) atoms. The van der Waals surface area contributed by atoms with Crippen molar-refractivity contribution in [3.63, 3.8) is 0 Å². The fraction of sp³-hybridized carbons (Fsp3) is 0.357. The molecular weight excluding hydrogens is 310 g/mol. The van der Waals surface area contributed by atoms with Crippen molar-refractivity contribution in [2.45, 2.75) is 11.3 Å². The SMILES string of the molecule is C1CNCCNC1.O=S(=O)(Cl)c1cccc2cnccc12. The molecule has 0 radical (unpaired) electrons. The Labute approximate surface area is 129 Å². The van der Waals surface area contributed by atoms with Crippen LogP contribution in [0.15, 0.2) is 41.6 Å². The van der Waals surface area contributed by atoms with E-state index in [1.807, 2.05) is 0 Å². The second-order valence-corrected chi connectivity index (χ2v) is 7.18. The Morgan fingerprint density at radius 1 is 1.05 bits per heavy atom. The summed E-state index contributed by atoms with van der Waals surface area (Å²) in [6, 6.07) is 6.53. The molecule has 0 amide bonds. The predicted molar refractivity (Wildman–Crippen MR) is 85.1 cm³/mol. The zero-order chi connectivity index (χ0) is 15.1. The summed E-state index contributed by atoms with van der Waals surface area (Å²) in [7, 11) is 1.60. The van der Waals surface area contributed by atoms with Crippen LogP contribution in [0.4, 0.5) is 0 Å². The lowest BCUT2D eigenvalue weighted by atomic mass is 10.2. The van der Waals surface area contributed by atoms with Gasteiger partial charge in [0.2, 0.25) is 0 Å². The standard InChI is InChI=1S/C9H6ClNO2S.C5H12N2/c10-14(12,13)9-3-1-2-7-6-11-5-4-8(7)9;1-2-6-4-5-7-3-1/h1-6H;6-7H,1-5H2. The summed E-state index contributed by atoms with van der Waals surface area (Å²) >= 11 is 0. The van der Waals surface area contributed by atoms with Gasteiger partial charge >= 0.3 is 0 Å². The Morgan fingerprint density at radius 3 is 2.43 bits per heavy atom. The van der Waals surface area contributed by atoms with Gasteiger partial charge in [0, 0.05) is 46.9 Å². The molecule has 114 valence electrons. The Kier molecular flexibility index (Phi) is 5.93. The Balaban J connectivity index is 0.000000194. The maximum absolute atomic E-state index is 11.2. The third-order valence-corrected chi connectivity index (χ3v) is 4.47. The van der Waals surface area contributed by atoms with Crippen LogP contribution in [0.1, 0.15) is 6.42 Å². The van der Waals surface area contributed by atoms with E-state index >= 15 is 0 Å². The Morgan fingerprint density at radius 2 is 1.76 bits per heavy atom. The molecule has 0 spiro atoms. The lowest BCUT2D eigenvalue weighted by Crippen LogP contribution is -2.21. The van der Waals surface area contributed by atoms with Crippen molar-refractivity contribution in [2.24, 2.45) is 0 Å². The summed E-state index contributed by atoms with van der Waals surface area (Å²) in [6.45, 7) is 4.65. The van der Waals surface area contributed by atoms with E-state index in [0.717, 1.165) is 18.5 Å². The van der Waals surface area contributed by atoms with Crippen LogP contribution in [0.5, 0.6) is 0 Å². The first-order valence-corrected chi connectivity index (χ1v) is 9.09. The topological polar surface area (TPSA) is 71.1 Å². The summed E-state index contributed by atoms with van der Waals surface area (Å²) in [5.41, 5.74) is 0. The molecular formula is C14H18ClN3O2S. The molecule has 1 aliphatic heterocycles. The zero-order valence-corrected chi connectivity index (χ0v) is 13.1. The highest BCUT2D eigenvalue weighted by molar-refractivity contribution is 8.14. The number of benzene rings is 1. The first kappa shape index (κ1) is 16.2. The van der Waals surface area contributed by atoms with E-state index in [9.17, 15) is 8.42 Å². The lowest BCUT2D eigenvalue weighted by molar-refractivity contribution is 0.610. The minimum atomic E-state index is -3.68. The van der Waals surface area contributed by atoms with E-state index < -0.39 is 9.05 Å². The smallest absolute Gasteiger partial charge is 0.261 e. The average molecular weight is 328 g/mol. The van der Waals surface area contributed by atoms with Gasteiger partial charge in [0.1, 0.15) is 0 Å². The van der Waals surface area contributed by atoms with E-state index in [2.05, 4.69) is 15.6 Å². The van der Waals surface area contributed by atoms with E-state index in [0.29, 0.717) is 5.39 Å². The number of hydrogen-bond donors (Lipinski definition) is 2. The van der Waals surface area contributed by atoms with Crippen molar-refractivity contribution in [1.82, 2.24) is 15.6 Å². The van der Waals surface area contributed by atoms with Gasteiger partial charge in [-0.1, -0.05) is 12.1 Å². The molecule has 2 N–H and O–H groups in total. The van der Waals surface area contributed by atoms with E-state index in [1.54, 1.807) is 24.4 Å². The molecule has 0 unspecified atom stereocenters. The molecule has 0 aliphatic carbocycles. The number of aromatic nitrogens is 1.